The number of fused-ring (bicyclic) bond motifs is 2. The second-order valence-corrected chi connectivity index (χ2v) is 7.72. The summed E-state index contributed by atoms with van der Waals surface area (Å²) < 4.78 is 18.4. The molecule has 2 heterocycles. The molecule has 3 nitrogen and oxygen atoms in total. The van der Waals surface area contributed by atoms with E-state index in [9.17, 15) is 4.39 Å². The average molecular weight is 354 g/mol. The Kier molecular flexibility index (Phi) is 4.86. The minimum atomic E-state index is -0.191. The molecule has 5 rings (SSSR count). The lowest BCUT2D eigenvalue weighted by atomic mass is 9.64. The summed E-state index contributed by atoms with van der Waals surface area (Å²) in [5.74, 6) is 2.24. The smallest absolute Gasteiger partial charge is 0.123 e. The fraction of sp³-hybridized carbons (Fsp3) is 0.455. The molecule has 1 saturated carbocycles. The topological polar surface area (TPSA) is 24.5 Å². The lowest BCUT2D eigenvalue weighted by molar-refractivity contribution is -0.0745. The van der Waals surface area contributed by atoms with Gasteiger partial charge in [-0.05, 0) is 66.6 Å². The van der Waals surface area contributed by atoms with Gasteiger partial charge in [-0.1, -0.05) is 19.1 Å². The normalized spacial score (nSPS) is 27.7. The lowest BCUT2D eigenvalue weighted by Gasteiger charge is -2.57. The van der Waals surface area contributed by atoms with Gasteiger partial charge in [0.05, 0.1) is 7.11 Å². The highest BCUT2D eigenvalue weighted by Gasteiger charge is 2.48. The molecule has 2 aromatic carbocycles. The molecule has 3 aliphatic rings. The fourth-order valence-corrected chi connectivity index (χ4v) is 4.50. The summed E-state index contributed by atoms with van der Waals surface area (Å²) in [5, 5.41) is 3.52. The zero-order valence-corrected chi connectivity index (χ0v) is 15.5. The van der Waals surface area contributed by atoms with Gasteiger partial charge in [0.15, 0.2) is 0 Å². The number of nitrogens with zero attached hydrogens (tertiary/aromatic N) is 1. The van der Waals surface area contributed by atoms with Crippen molar-refractivity contribution in [2.45, 2.75) is 38.4 Å². The van der Waals surface area contributed by atoms with Gasteiger partial charge in [-0.3, -0.25) is 4.90 Å². The van der Waals surface area contributed by atoms with E-state index >= 15 is 0 Å². The van der Waals surface area contributed by atoms with Crippen LogP contribution in [0.2, 0.25) is 0 Å². The predicted molar refractivity (Wildman–Crippen MR) is 103 cm³/mol. The number of nitrogens with one attached hydrogen (secondary N) is 1. The summed E-state index contributed by atoms with van der Waals surface area (Å²) in [5.41, 5.74) is 2.32. The number of piperidine rings is 2. The maximum absolute atomic E-state index is 13.1. The molecule has 0 spiro atoms. The molecular formula is C22H27FN2O. The first-order valence-corrected chi connectivity index (χ1v) is 9.52. The van der Waals surface area contributed by atoms with E-state index in [-0.39, 0.29) is 5.82 Å². The monoisotopic (exact) mass is 354 g/mol. The molecule has 0 radical (unpaired) electrons. The van der Waals surface area contributed by atoms with Crippen LogP contribution in [0.25, 0.3) is 0 Å². The van der Waals surface area contributed by atoms with Crippen molar-refractivity contribution in [3.05, 3.63) is 59.9 Å². The number of benzene rings is 2. The van der Waals surface area contributed by atoms with Gasteiger partial charge in [-0.15, -0.1) is 0 Å². The number of halogens is 1. The van der Waals surface area contributed by atoms with Crippen molar-refractivity contribution in [2.24, 2.45) is 11.8 Å². The van der Waals surface area contributed by atoms with Crippen molar-refractivity contribution in [2.75, 3.05) is 19.0 Å². The maximum Gasteiger partial charge on any atom is 0.123 e. The number of rotatable bonds is 6. The Labute approximate surface area is 155 Å². The number of hydrogen-bond acceptors (Lipinski definition) is 3. The molecule has 1 unspecified atom stereocenters. The van der Waals surface area contributed by atoms with Crippen LogP contribution in [-0.4, -0.2) is 30.6 Å². The van der Waals surface area contributed by atoms with E-state index in [4.69, 9.17) is 4.74 Å². The zero-order valence-electron chi connectivity index (χ0n) is 15.5. The van der Waals surface area contributed by atoms with E-state index < -0.39 is 0 Å². The molecule has 0 aromatic heterocycles. The highest BCUT2D eigenvalue weighted by molar-refractivity contribution is 5.43. The predicted octanol–water partition coefficient (Wildman–Crippen LogP) is 4.55. The van der Waals surface area contributed by atoms with Crippen LogP contribution in [0.3, 0.4) is 0 Å². The van der Waals surface area contributed by atoms with E-state index in [0.29, 0.717) is 18.0 Å². The number of ether oxygens (including phenoxy) is 1. The zero-order chi connectivity index (χ0) is 18.1. The summed E-state index contributed by atoms with van der Waals surface area (Å²) in [7, 11) is 1.70. The number of hydrogen-bond donors (Lipinski definition) is 1. The third kappa shape index (κ3) is 3.43. The van der Waals surface area contributed by atoms with Gasteiger partial charge in [0.25, 0.3) is 0 Å². The van der Waals surface area contributed by atoms with Gasteiger partial charge >= 0.3 is 0 Å². The molecule has 2 aromatic rings. The first kappa shape index (κ1) is 17.3. The second-order valence-electron chi connectivity index (χ2n) is 7.72. The fourth-order valence-electron chi connectivity index (χ4n) is 4.50. The summed E-state index contributed by atoms with van der Waals surface area (Å²) in [6, 6.07) is 16.3. The third-order valence-electron chi connectivity index (χ3n) is 6.28. The van der Waals surface area contributed by atoms with Crippen molar-refractivity contribution in [3.8, 4) is 5.75 Å². The summed E-state index contributed by atoms with van der Waals surface area (Å²) >= 11 is 0. The molecule has 2 aliphatic heterocycles. The molecule has 26 heavy (non-hydrogen) atoms. The Morgan fingerprint density at radius 2 is 1.77 bits per heavy atom. The van der Waals surface area contributed by atoms with Crippen LogP contribution in [-0.2, 0) is 6.54 Å². The van der Waals surface area contributed by atoms with Crippen LogP contribution in [0.1, 0.15) is 25.3 Å². The minimum absolute atomic E-state index is 0.191. The van der Waals surface area contributed by atoms with Gasteiger partial charge in [-0.25, -0.2) is 4.39 Å². The van der Waals surface area contributed by atoms with E-state index in [1.54, 1.807) is 7.11 Å². The van der Waals surface area contributed by atoms with Crippen molar-refractivity contribution in [3.63, 3.8) is 0 Å². The van der Waals surface area contributed by atoms with Crippen molar-refractivity contribution in [1.29, 1.82) is 0 Å². The number of anilines is 1. The van der Waals surface area contributed by atoms with Crippen LogP contribution in [0.4, 0.5) is 10.1 Å². The van der Waals surface area contributed by atoms with Crippen LogP contribution in [0.5, 0.6) is 5.75 Å². The van der Waals surface area contributed by atoms with E-state index in [0.717, 1.165) is 30.4 Å². The standard InChI is InChI=1S/C22H27FN2O/c1-15-17-11-20(12-17)25(14-16-3-9-21(26-2)10-4-16)22(15)13-24-19-7-5-18(23)6-8-19/h3-10,15,17,20,22,24H,11-14H2,1-2H3/t15-,17?,20?,22?/m1/s1. The quantitative estimate of drug-likeness (QED) is 0.824. The van der Waals surface area contributed by atoms with Gasteiger partial charge in [0.1, 0.15) is 11.6 Å². The largest absolute Gasteiger partial charge is 0.497 e. The molecule has 2 bridgehead atoms. The average Bonchev–Trinajstić information content (AvgIpc) is 2.62. The molecule has 138 valence electrons. The molecule has 2 saturated heterocycles. The third-order valence-corrected chi connectivity index (χ3v) is 6.28. The van der Waals surface area contributed by atoms with Gasteiger partial charge in [0.2, 0.25) is 0 Å². The molecule has 0 amide bonds. The van der Waals surface area contributed by atoms with E-state index in [1.165, 1.54) is 30.5 Å². The second kappa shape index (κ2) is 7.28. The Morgan fingerprint density at radius 3 is 2.42 bits per heavy atom. The Hall–Kier alpha value is -2.07. The van der Waals surface area contributed by atoms with E-state index in [1.807, 2.05) is 24.3 Å². The minimum Gasteiger partial charge on any atom is -0.497 e. The SMILES string of the molecule is COc1ccc(CN2C3CC(C3)[C@@H](C)C2CNc2ccc(F)cc2)cc1. The molecule has 2 atom stereocenters. The van der Waals surface area contributed by atoms with Crippen molar-refractivity contribution in [1.82, 2.24) is 4.90 Å². The van der Waals surface area contributed by atoms with Gasteiger partial charge in [0, 0.05) is 30.9 Å². The highest BCUT2D eigenvalue weighted by Crippen LogP contribution is 2.46. The molecule has 4 heteroatoms. The maximum atomic E-state index is 13.1. The van der Waals surface area contributed by atoms with Crippen LogP contribution in [0, 0.1) is 17.7 Å². The van der Waals surface area contributed by atoms with Gasteiger partial charge in [-0.2, -0.15) is 0 Å². The molecular weight excluding hydrogens is 327 g/mol. The highest BCUT2D eigenvalue weighted by atomic mass is 19.1. The Morgan fingerprint density at radius 1 is 1.08 bits per heavy atom. The van der Waals surface area contributed by atoms with Crippen LogP contribution < -0.4 is 10.1 Å². The first-order valence-electron chi connectivity index (χ1n) is 9.52. The first-order chi connectivity index (χ1) is 12.6. The summed E-state index contributed by atoms with van der Waals surface area (Å²) in [4.78, 5) is 2.67. The Bertz CT molecular complexity index is 725. The van der Waals surface area contributed by atoms with Crippen LogP contribution >= 0.6 is 0 Å². The summed E-state index contributed by atoms with van der Waals surface area (Å²) in [6.07, 6.45) is 2.65. The lowest BCUT2D eigenvalue weighted by Crippen LogP contribution is -2.62. The molecule has 1 aliphatic carbocycles. The van der Waals surface area contributed by atoms with Crippen molar-refractivity contribution < 1.29 is 9.13 Å². The number of methoxy groups -OCH3 is 1. The Balaban J connectivity index is 1.45. The summed E-state index contributed by atoms with van der Waals surface area (Å²) in [6.45, 7) is 4.26. The van der Waals surface area contributed by atoms with Crippen LogP contribution in [0.15, 0.2) is 48.5 Å². The van der Waals surface area contributed by atoms with Crippen molar-refractivity contribution >= 4 is 5.69 Å². The molecule has 1 N–H and O–H groups in total. The van der Waals surface area contributed by atoms with Gasteiger partial charge < -0.3 is 10.1 Å². The van der Waals surface area contributed by atoms with E-state index in [2.05, 4.69) is 29.3 Å². The molecule has 3 fully saturated rings.